The van der Waals surface area contributed by atoms with Crippen LogP contribution in [0.2, 0.25) is 10.0 Å². The van der Waals surface area contributed by atoms with Gasteiger partial charge in [-0.2, -0.15) is 8.42 Å². The quantitative estimate of drug-likeness (QED) is 0.575. The van der Waals surface area contributed by atoms with Crippen LogP contribution in [0.15, 0.2) is 65.3 Å². The van der Waals surface area contributed by atoms with Crippen LogP contribution in [0.1, 0.15) is 16.1 Å². The number of rotatable bonds is 6. The molecule has 0 aliphatic rings. The van der Waals surface area contributed by atoms with Gasteiger partial charge in [-0.05, 0) is 54.1 Å². The Labute approximate surface area is 165 Å². The third-order valence-electron chi connectivity index (χ3n) is 3.41. The summed E-state index contributed by atoms with van der Waals surface area (Å²) in [7, 11) is -3.89. The fraction of sp³-hybridized carbons (Fsp3) is 0.0556. The predicted octanol–water partition coefficient (Wildman–Crippen LogP) is 4.75. The summed E-state index contributed by atoms with van der Waals surface area (Å²) in [6.07, 6.45) is 1.39. The van der Waals surface area contributed by atoms with E-state index in [1.165, 1.54) is 48.7 Å². The van der Waals surface area contributed by atoms with Crippen molar-refractivity contribution in [3.05, 3.63) is 82.2 Å². The molecule has 0 aliphatic carbocycles. The van der Waals surface area contributed by atoms with Crippen LogP contribution in [-0.2, 0) is 15.9 Å². The van der Waals surface area contributed by atoms with Gasteiger partial charge in [0.1, 0.15) is 11.5 Å². The molecule has 0 fully saturated rings. The molecule has 1 aromatic heterocycles. The van der Waals surface area contributed by atoms with E-state index >= 15 is 0 Å². The number of benzene rings is 2. The van der Waals surface area contributed by atoms with Crippen LogP contribution in [-0.4, -0.2) is 14.3 Å². The zero-order valence-corrected chi connectivity index (χ0v) is 16.0. The third kappa shape index (κ3) is 5.26. The van der Waals surface area contributed by atoms with Crippen LogP contribution in [0.5, 0.6) is 5.75 Å². The Bertz CT molecular complexity index is 1050. The van der Waals surface area contributed by atoms with Crippen molar-refractivity contribution in [1.29, 1.82) is 0 Å². The van der Waals surface area contributed by atoms with E-state index in [9.17, 15) is 13.2 Å². The van der Waals surface area contributed by atoms with Crippen molar-refractivity contribution in [2.75, 3.05) is 5.32 Å². The molecule has 0 unspecified atom stereocenters. The molecule has 0 atom stereocenters. The molecule has 3 rings (SSSR count). The van der Waals surface area contributed by atoms with Crippen molar-refractivity contribution in [2.45, 2.75) is 5.75 Å². The van der Waals surface area contributed by atoms with Gasteiger partial charge in [0.25, 0.3) is 5.91 Å². The molecule has 3 aromatic rings. The highest BCUT2D eigenvalue weighted by atomic mass is 35.5. The molecule has 1 amide bonds. The molecule has 0 spiro atoms. The van der Waals surface area contributed by atoms with Crippen LogP contribution in [0.4, 0.5) is 5.69 Å². The first kappa shape index (κ1) is 19.3. The Morgan fingerprint density at radius 2 is 1.78 bits per heavy atom. The molecule has 0 bridgehead atoms. The molecular formula is C18H13Cl2NO5S. The second-order valence-corrected chi connectivity index (χ2v) is 7.87. The summed E-state index contributed by atoms with van der Waals surface area (Å²) in [5, 5.41) is 3.22. The zero-order valence-electron chi connectivity index (χ0n) is 13.7. The maximum atomic E-state index is 12.2. The van der Waals surface area contributed by atoms with E-state index in [0.717, 1.165) is 0 Å². The molecule has 27 heavy (non-hydrogen) atoms. The summed E-state index contributed by atoms with van der Waals surface area (Å²) in [6.45, 7) is 0. The van der Waals surface area contributed by atoms with Gasteiger partial charge < -0.3 is 13.9 Å². The zero-order chi connectivity index (χ0) is 19.4. The van der Waals surface area contributed by atoms with Gasteiger partial charge in [0.05, 0.1) is 16.3 Å². The highest BCUT2D eigenvalue weighted by molar-refractivity contribution is 7.86. The minimum Gasteiger partial charge on any atom is -0.459 e. The Balaban J connectivity index is 1.64. The fourth-order valence-corrected chi connectivity index (χ4v) is 3.58. The molecule has 0 saturated heterocycles. The number of hydrogen-bond donors (Lipinski definition) is 1. The summed E-state index contributed by atoms with van der Waals surface area (Å²) < 4.78 is 34.5. The minimum absolute atomic E-state index is 0.117. The Morgan fingerprint density at radius 3 is 2.41 bits per heavy atom. The highest BCUT2D eigenvalue weighted by Crippen LogP contribution is 2.25. The number of carbonyl (C=O) groups excluding carboxylic acids is 1. The summed E-state index contributed by atoms with van der Waals surface area (Å²) in [5.74, 6) is -0.493. The molecule has 140 valence electrons. The molecule has 6 nitrogen and oxygen atoms in total. The van der Waals surface area contributed by atoms with E-state index in [2.05, 4.69) is 5.32 Å². The number of halogens is 2. The third-order valence-corrected chi connectivity index (χ3v) is 5.28. The number of hydrogen-bond acceptors (Lipinski definition) is 5. The Kier molecular flexibility index (Phi) is 5.74. The first-order valence-corrected chi connectivity index (χ1v) is 9.97. The molecular weight excluding hydrogens is 413 g/mol. The van der Waals surface area contributed by atoms with Crippen molar-refractivity contribution in [3.63, 3.8) is 0 Å². The summed E-state index contributed by atoms with van der Waals surface area (Å²) in [4.78, 5) is 11.9. The largest absolute Gasteiger partial charge is 0.459 e. The Hall–Kier alpha value is -2.48. The van der Waals surface area contributed by atoms with Crippen molar-refractivity contribution in [3.8, 4) is 5.75 Å². The maximum absolute atomic E-state index is 12.2. The first-order valence-electron chi connectivity index (χ1n) is 7.63. The molecule has 0 saturated carbocycles. The average Bonchev–Trinajstić information content (AvgIpc) is 3.14. The second kappa shape index (κ2) is 8.04. The van der Waals surface area contributed by atoms with E-state index in [4.69, 9.17) is 31.8 Å². The van der Waals surface area contributed by atoms with E-state index in [0.29, 0.717) is 16.3 Å². The molecule has 0 aliphatic heterocycles. The van der Waals surface area contributed by atoms with Gasteiger partial charge in [-0.25, -0.2) is 0 Å². The maximum Gasteiger partial charge on any atom is 0.313 e. The smallest absolute Gasteiger partial charge is 0.313 e. The van der Waals surface area contributed by atoms with Crippen molar-refractivity contribution >= 4 is 44.9 Å². The Morgan fingerprint density at radius 1 is 1.04 bits per heavy atom. The number of carbonyl (C=O) groups is 1. The monoisotopic (exact) mass is 425 g/mol. The van der Waals surface area contributed by atoms with E-state index in [1.807, 2.05) is 0 Å². The topological polar surface area (TPSA) is 85.6 Å². The lowest BCUT2D eigenvalue weighted by molar-refractivity contribution is 0.0996. The molecule has 2 aromatic carbocycles. The van der Waals surface area contributed by atoms with E-state index < -0.39 is 16.0 Å². The molecule has 9 heteroatoms. The lowest BCUT2D eigenvalue weighted by Crippen LogP contribution is -2.13. The highest BCUT2D eigenvalue weighted by Gasteiger charge is 2.15. The number of amides is 1. The van der Waals surface area contributed by atoms with Gasteiger partial charge in [-0.15, -0.1) is 0 Å². The standard InChI is InChI=1S/C18H13Cl2NO5S/c19-15-8-3-12(10-16(15)20)11-27(23,24)26-14-6-4-13(5-7-14)21-18(22)17-2-1-9-25-17/h1-10H,11H2,(H,21,22). The van der Waals surface area contributed by atoms with Crippen LogP contribution in [0.25, 0.3) is 0 Å². The lowest BCUT2D eigenvalue weighted by Gasteiger charge is -2.09. The average molecular weight is 426 g/mol. The van der Waals surface area contributed by atoms with E-state index in [1.54, 1.807) is 12.1 Å². The van der Waals surface area contributed by atoms with Crippen molar-refractivity contribution in [1.82, 2.24) is 0 Å². The van der Waals surface area contributed by atoms with Crippen LogP contribution in [0.3, 0.4) is 0 Å². The van der Waals surface area contributed by atoms with Gasteiger partial charge in [0, 0.05) is 5.69 Å². The van der Waals surface area contributed by atoms with Gasteiger partial charge >= 0.3 is 10.1 Å². The predicted molar refractivity (Wildman–Crippen MR) is 103 cm³/mol. The van der Waals surface area contributed by atoms with Gasteiger partial charge in [0.2, 0.25) is 0 Å². The number of furan rings is 1. The van der Waals surface area contributed by atoms with Crippen LogP contribution < -0.4 is 9.50 Å². The normalized spacial score (nSPS) is 11.2. The van der Waals surface area contributed by atoms with E-state index in [-0.39, 0.29) is 22.3 Å². The van der Waals surface area contributed by atoms with Crippen LogP contribution in [0, 0.1) is 0 Å². The summed E-state index contributed by atoms with van der Waals surface area (Å²) in [5.41, 5.74) is 0.914. The summed E-state index contributed by atoms with van der Waals surface area (Å²) in [6, 6.07) is 13.6. The minimum atomic E-state index is -3.89. The van der Waals surface area contributed by atoms with Crippen LogP contribution >= 0.6 is 23.2 Å². The SMILES string of the molecule is O=C(Nc1ccc(OS(=O)(=O)Cc2ccc(Cl)c(Cl)c2)cc1)c1ccco1. The molecule has 1 heterocycles. The molecule has 0 radical (unpaired) electrons. The number of anilines is 1. The molecule has 1 N–H and O–H groups in total. The number of nitrogens with one attached hydrogen (secondary N) is 1. The van der Waals surface area contributed by atoms with Gasteiger partial charge in [-0.1, -0.05) is 29.3 Å². The lowest BCUT2D eigenvalue weighted by atomic mass is 10.2. The fourth-order valence-electron chi connectivity index (χ4n) is 2.20. The second-order valence-electron chi connectivity index (χ2n) is 5.49. The van der Waals surface area contributed by atoms with Gasteiger partial charge in [-0.3, -0.25) is 4.79 Å². The first-order chi connectivity index (χ1) is 12.8. The summed E-state index contributed by atoms with van der Waals surface area (Å²) >= 11 is 11.7. The van der Waals surface area contributed by atoms with Gasteiger partial charge in [0.15, 0.2) is 5.76 Å². The van der Waals surface area contributed by atoms with Crippen molar-refractivity contribution < 1.29 is 21.8 Å². The van der Waals surface area contributed by atoms with Crippen molar-refractivity contribution in [2.24, 2.45) is 0 Å².